The summed E-state index contributed by atoms with van der Waals surface area (Å²) in [5, 5.41) is 0. The zero-order chi connectivity index (χ0) is 17.5. The van der Waals surface area contributed by atoms with Crippen LogP contribution in [0.1, 0.15) is 66.2 Å². The highest BCUT2D eigenvalue weighted by Gasteiger charge is 2.78. The van der Waals surface area contributed by atoms with Crippen LogP contribution < -0.4 is 0 Å². The lowest BCUT2D eigenvalue weighted by molar-refractivity contribution is -0.263. The highest BCUT2D eigenvalue weighted by atomic mass is 16.5. The van der Waals surface area contributed by atoms with Gasteiger partial charge in [0.25, 0.3) is 0 Å². The van der Waals surface area contributed by atoms with Gasteiger partial charge in [0, 0.05) is 11.3 Å². The summed E-state index contributed by atoms with van der Waals surface area (Å²) in [5.41, 5.74) is -0.249. The van der Waals surface area contributed by atoms with Gasteiger partial charge in [0.15, 0.2) is 0 Å². The van der Waals surface area contributed by atoms with E-state index in [-0.39, 0.29) is 22.2 Å². The van der Waals surface area contributed by atoms with E-state index in [0.717, 1.165) is 25.7 Å². The summed E-state index contributed by atoms with van der Waals surface area (Å²) in [6.07, 6.45) is 6.42. The minimum atomic E-state index is -0.362. The van der Waals surface area contributed by atoms with Gasteiger partial charge in [-0.05, 0) is 68.1 Å². The third-order valence-corrected chi connectivity index (χ3v) is 8.96. The van der Waals surface area contributed by atoms with Crippen LogP contribution in [0.4, 0.5) is 0 Å². The van der Waals surface area contributed by atoms with Gasteiger partial charge in [-0.3, -0.25) is 9.59 Å². The first kappa shape index (κ1) is 16.6. The van der Waals surface area contributed by atoms with Gasteiger partial charge in [-0.1, -0.05) is 27.2 Å². The summed E-state index contributed by atoms with van der Waals surface area (Å²) in [7, 11) is 1.52. The van der Waals surface area contributed by atoms with Crippen LogP contribution in [0.3, 0.4) is 0 Å². The minimum absolute atomic E-state index is 0.0193. The average molecular weight is 332 g/mol. The Labute approximate surface area is 145 Å². The summed E-state index contributed by atoms with van der Waals surface area (Å²) >= 11 is 0. The zero-order valence-electron chi connectivity index (χ0n) is 15.9. The second-order valence-electron chi connectivity index (χ2n) is 9.93. The van der Waals surface area contributed by atoms with Crippen LogP contribution in [0.2, 0.25) is 0 Å². The van der Waals surface area contributed by atoms with Crippen LogP contribution in [0.5, 0.6) is 0 Å². The number of carbonyl (C=O) groups excluding carboxylic acids is 2. The van der Waals surface area contributed by atoms with E-state index >= 15 is 0 Å². The Morgan fingerprint density at radius 1 is 1.17 bits per heavy atom. The van der Waals surface area contributed by atoms with E-state index in [9.17, 15) is 9.59 Å². The van der Waals surface area contributed by atoms with Gasteiger partial charge >= 0.3 is 5.97 Å². The zero-order valence-corrected chi connectivity index (χ0v) is 15.9. The van der Waals surface area contributed by atoms with Crippen molar-refractivity contribution in [2.75, 3.05) is 7.11 Å². The lowest BCUT2D eigenvalue weighted by atomic mass is 9.26. The molecule has 3 nitrogen and oxygen atoms in total. The summed E-state index contributed by atoms with van der Waals surface area (Å²) in [6.45, 7) is 8.90. The predicted molar refractivity (Wildman–Crippen MR) is 92.2 cm³/mol. The number of hydrogen-bond acceptors (Lipinski definition) is 3. The molecule has 0 amide bonds. The SMILES string of the molecule is COC(=O)[C@]1(C)CCC[C@]2(C)[C@H]3C[C@@H]4C(C(C)C)C(=O)[C@@]43CC[C@H]21. The van der Waals surface area contributed by atoms with Gasteiger partial charge in [-0.2, -0.15) is 0 Å². The number of esters is 1. The first-order chi connectivity index (χ1) is 11.2. The molecule has 0 heterocycles. The molecule has 0 bridgehead atoms. The van der Waals surface area contributed by atoms with Crippen LogP contribution in [-0.4, -0.2) is 18.9 Å². The van der Waals surface area contributed by atoms with Crippen LogP contribution in [0.25, 0.3) is 0 Å². The molecule has 0 saturated heterocycles. The fourth-order valence-corrected chi connectivity index (χ4v) is 7.94. The van der Waals surface area contributed by atoms with Crippen LogP contribution in [-0.2, 0) is 14.3 Å². The standard InChI is InChI=1S/C21H32O3/c1-12(2)16-13-11-15-19(3)8-6-9-20(4,18(23)24-5)14(19)7-10-21(13,15)17(16)22/h12-16H,6-11H2,1-5H3/t13-,14-,15-,16?,19+,20-,21+/m1/s1. The van der Waals surface area contributed by atoms with Crippen molar-refractivity contribution in [1.29, 1.82) is 0 Å². The molecule has 1 unspecified atom stereocenters. The second-order valence-corrected chi connectivity index (χ2v) is 9.93. The number of carbonyl (C=O) groups is 2. The summed E-state index contributed by atoms with van der Waals surface area (Å²) in [6, 6.07) is 0. The first-order valence-electron chi connectivity index (χ1n) is 9.86. The number of fused-ring (bicyclic) bond motifs is 2. The molecular formula is C21H32O3. The molecule has 4 saturated carbocycles. The number of rotatable bonds is 2. The molecule has 7 atom stereocenters. The third-order valence-electron chi connectivity index (χ3n) is 8.96. The average Bonchev–Trinajstić information content (AvgIpc) is 2.51. The molecule has 4 aliphatic rings. The molecule has 1 spiro atoms. The Bertz CT molecular complexity index is 596. The molecule has 0 aromatic rings. The Hall–Kier alpha value is -0.860. The molecular weight excluding hydrogens is 300 g/mol. The Morgan fingerprint density at radius 2 is 1.88 bits per heavy atom. The van der Waals surface area contributed by atoms with E-state index in [1.165, 1.54) is 20.0 Å². The number of Topliss-reactive ketones (excluding diaryl/α,β-unsaturated/α-hetero) is 1. The predicted octanol–water partition coefficient (Wildman–Crippen LogP) is 4.24. The Morgan fingerprint density at radius 3 is 2.46 bits per heavy atom. The van der Waals surface area contributed by atoms with Gasteiger partial charge < -0.3 is 4.74 Å². The Kier molecular flexibility index (Phi) is 3.36. The fraction of sp³-hybridized carbons (Fsp3) is 0.905. The van der Waals surface area contributed by atoms with Gasteiger partial charge in [0.05, 0.1) is 12.5 Å². The number of hydrogen-bond donors (Lipinski definition) is 0. The topological polar surface area (TPSA) is 43.4 Å². The molecule has 0 aromatic heterocycles. The first-order valence-corrected chi connectivity index (χ1v) is 9.86. The van der Waals surface area contributed by atoms with Crippen LogP contribution in [0.15, 0.2) is 0 Å². The highest BCUT2D eigenvalue weighted by molar-refractivity contribution is 5.96. The molecule has 134 valence electrons. The smallest absolute Gasteiger partial charge is 0.311 e. The van der Waals surface area contributed by atoms with E-state index in [4.69, 9.17) is 4.74 Å². The lowest BCUT2D eigenvalue weighted by Gasteiger charge is -2.76. The van der Waals surface area contributed by atoms with Crippen molar-refractivity contribution in [2.45, 2.75) is 66.2 Å². The molecule has 4 rings (SSSR count). The van der Waals surface area contributed by atoms with Gasteiger partial charge in [-0.15, -0.1) is 0 Å². The monoisotopic (exact) mass is 332 g/mol. The van der Waals surface area contributed by atoms with E-state index in [1.807, 2.05) is 0 Å². The van der Waals surface area contributed by atoms with Gasteiger partial charge in [0.2, 0.25) is 0 Å². The molecule has 0 aromatic carbocycles. The molecule has 0 aliphatic heterocycles. The van der Waals surface area contributed by atoms with Crippen molar-refractivity contribution in [3.8, 4) is 0 Å². The summed E-state index contributed by atoms with van der Waals surface area (Å²) in [5.74, 6) is 2.80. The van der Waals surface area contributed by atoms with Crippen molar-refractivity contribution in [1.82, 2.24) is 0 Å². The summed E-state index contributed by atoms with van der Waals surface area (Å²) in [4.78, 5) is 25.7. The number of ether oxygens (including phenoxy) is 1. The molecule has 3 heteroatoms. The second kappa shape index (κ2) is 4.86. The Balaban J connectivity index is 1.67. The molecule has 0 radical (unpaired) electrons. The van der Waals surface area contributed by atoms with Crippen LogP contribution in [0, 0.1) is 45.8 Å². The van der Waals surface area contributed by atoms with Crippen molar-refractivity contribution in [3.63, 3.8) is 0 Å². The van der Waals surface area contributed by atoms with Crippen molar-refractivity contribution in [3.05, 3.63) is 0 Å². The maximum atomic E-state index is 13.1. The molecule has 4 aliphatic carbocycles. The molecule has 24 heavy (non-hydrogen) atoms. The van der Waals surface area contributed by atoms with Crippen molar-refractivity contribution >= 4 is 11.8 Å². The van der Waals surface area contributed by atoms with E-state index in [0.29, 0.717) is 35.4 Å². The van der Waals surface area contributed by atoms with E-state index < -0.39 is 0 Å². The number of methoxy groups -OCH3 is 1. The van der Waals surface area contributed by atoms with Crippen molar-refractivity contribution in [2.24, 2.45) is 45.8 Å². The maximum absolute atomic E-state index is 13.1. The van der Waals surface area contributed by atoms with Gasteiger partial charge in [-0.25, -0.2) is 0 Å². The normalized spacial score (nSPS) is 52.5. The highest BCUT2D eigenvalue weighted by Crippen LogP contribution is 2.78. The number of ketones is 1. The van der Waals surface area contributed by atoms with Crippen molar-refractivity contribution < 1.29 is 14.3 Å². The van der Waals surface area contributed by atoms with E-state index in [2.05, 4.69) is 27.7 Å². The van der Waals surface area contributed by atoms with Gasteiger partial charge in [0.1, 0.15) is 5.78 Å². The quantitative estimate of drug-likeness (QED) is 0.710. The van der Waals surface area contributed by atoms with Crippen LogP contribution >= 0.6 is 0 Å². The summed E-state index contributed by atoms with van der Waals surface area (Å²) < 4.78 is 5.19. The molecule has 0 N–H and O–H groups in total. The largest absolute Gasteiger partial charge is 0.469 e. The fourth-order valence-electron chi connectivity index (χ4n) is 7.94. The maximum Gasteiger partial charge on any atom is 0.311 e. The third kappa shape index (κ3) is 1.60. The molecule has 4 fully saturated rings. The van der Waals surface area contributed by atoms with E-state index in [1.54, 1.807) is 0 Å². The lowest BCUT2D eigenvalue weighted by Crippen LogP contribution is -2.76. The minimum Gasteiger partial charge on any atom is -0.469 e.